The van der Waals surface area contributed by atoms with Crippen LogP contribution in [0.5, 0.6) is 0 Å². The third-order valence-corrected chi connectivity index (χ3v) is 16.6. The minimum atomic E-state index is -1.63. The van der Waals surface area contributed by atoms with E-state index >= 15 is 0 Å². The molecule has 2 unspecified atom stereocenters. The standard InChI is InChI=1S/C86H145NO8/c1-6-8-10-12-14-16-18-20-22-24-26-28-30-32-34-36-38-40-41-42-43-45-47-49-51-53-55-57-59-61-63-65-67-69-71-73-75-77-84(89)95-82(81-94-86(85(90)91)92-79-78-87(3,4)5)80-93-83(88)76-74-72-70-68-66-64-62-60-58-56-54-52-50-48-46-44-39-37-35-33-31-29-27-25-23-21-19-17-15-13-11-9-7-2/h8-11,14-17,20-23,26-29,32-35,38,40,42-43,82,86H,6-7,12-13,18-19,24-25,30-31,36-37,39,41,44-81H2,1-5H3/b10-8-,11-9-,16-14-,17-15-,22-20-,23-21-,28-26-,29-27-,34-32-,35-33-,40-38-,43-42-. The Bertz CT molecular complexity index is 2080. The van der Waals surface area contributed by atoms with Crippen LogP contribution in [0.25, 0.3) is 0 Å². The molecule has 0 aromatic rings. The number of nitrogens with zero attached hydrogens (tertiary/aromatic N) is 1. The Morgan fingerprint density at radius 2 is 0.568 bits per heavy atom. The van der Waals surface area contributed by atoms with Crippen LogP contribution in [-0.4, -0.2) is 82.3 Å². The molecule has 0 aliphatic carbocycles. The lowest BCUT2D eigenvalue weighted by molar-refractivity contribution is -0.870. The van der Waals surface area contributed by atoms with Crippen LogP contribution in [-0.2, 0) is 33.3 Å². The fourth-order valence-corrected chi connectivity index (χ4v) is 10.7. The van der Waals surface area contributed by atoms with Gasteiger partial charge in [0, 0.05) is 12.8 Å². The Morgan fingerprint density at radius 1 is 0.316 bits per heavy atom. The summed E-state index contributed by atoms with van der Waals surface area (Å²) in [4.78, 5) is 37.6. The third kappa shape index (κ3) is 76.4. The van der Waals surface area contributed by atoms with E-state index in [-0.39, 0.29) is 38.6 Å². The number of likely N-dealkylation sites (N-methyl/N-ethyl adjacent to an activating group) is 1. The molecule has 9 heteroatoms. The van der Waals surface area contributed by atoms with E-state index in [4.69, 9.17) is 18.9 Å². The molecule has 0 fully saturated rings. The number of rotatable bonds is 71. The summed E-state index contributed by atoms with van der Waals surface area (Å²) in [6, 6.07) is 0. The number of allylic oxidation sites excluding steroid dienone is 24. The van der Waals surface area contributed by atoms with Crippen molar-refractivity contribution in [3.8, 4) is 0 Å². The third-order valence-electron chi connectivity index (χ3n) is 16.6. The lowest BCUT2D eigenvalue weighted by atomic mass is 10.0. The number of carbonyl (C=O) groups is 3. The molecular formula is C86H145NO8. The molecule has 0 bridgehead atoms. The number of quaternary nitrogens is 1. The molecule has 0 radical (unpaired) electrons. The van der Waals surface area contributed by atoms with E-state index in [2.05, 4.69) is 160 Å². The fraction of sp³-hybridized carbons (Fsp3) is 0.686. The molecule has 542 valence electrons. The molecule has 0 aliphatic rings. The summed E-state index contributed by atoms with van der Waals surface area (Å²) in [5.41, 5.74) is 0. The lowest BCUT2D eigenvalue weighted by Gasteiger charge is -2.26. The van der Waals surface area contributed by atoms with Gasteiger partial charge in [-0.1, -0.05) is 339 Å². The summed E-state index contributed by atoms with van der Waals surface area (Å²) in [6.45, 7) is 4.54. The molecule has 2 atom stereocenters. The molecule has 0 amide bonds. The SMILES string of the molecule is CC/C=C\C/C=C\C/C=C\C/C=C\C/C=C\C/C=C\C/C=C\CCCCCCCCCCCCCCCCCC(=O)OC(COC(=O)CCCCCCCCCCCCCCCCCCC/C=C\C/C=C\C/C=C\C/C=C\C/C=C\CC)COC(OCC[N+](C)(C)C)C(=O)[O-]. The van der Waals surface area contributed by atoms with Crippen molar-refractivity contribution in [2.75, 3.05) is 47.5 Å². The van der Waals surface area contributed by atoms with E-state index in [0.717, 1.165) is 116 Å². The Labute approximate surface area is 585 Å². The van der Waals surface area contributed by atoms with Crippen molar-refractivity contribution in [1.29, 1.82) is 0 Å². The largest absolute Gasteiger partial charge is 0.545 e. The van der Waals surface area contributed by atoms with Gasteiger partial charge < -0.3 is 33.3 Å². The highest BCUT2D eigenvalue weighted by molar-refractivity contribution is 5.70. The van der Waals surface area contributed by atoms with Gasteiger partial charge in [0.15, 0.2) is 12.4 Å². The number of aliphatic carboxylic acids is 1. The second kappa shape index (κ2) is 75.0. The fourth-order valence-electron chi connectivity index (χ4n) is 10.7. The van der Waals surface area contributed by atoms with E-state index in [1.54, 1.807) is 0 Å². The first-order chi connectivity index (χ1) is 46.6. The predicted octanol–water partition coefficient (Wildman–Crippen LogP) is 23.7. The highest BCUT2D eigenvalue weighted by atomic mass is 16.7. The first kappa shape index (κ1) is 90.2. The van der Waals surface area contributed by atoms with Crippen molar-refractivity contribution in [2.45, 2.75) is 334 Å². The summed E-state index contributed by atoms with van der Waals surface area (Å²) < 4.78 is 22.9. The molecule has 0 aromatic carbocycles. The molecule has 0 spiro atoms. The monoisotopic (exact) mass is 1320 g/mol. The van der Waals surface area contributed by atoms with Crippen molar-refractivity contribution in [3.05, 3.63) is 146 Å². The molecule has 95 heavy (non-hydrogen) atoms. The van der Waals surface area contributed by atoms with Crippen molar-refractivity contribution in [2.24, 2.45) is 0 Å². The van der Waals surface area contributed by atoms with Crippen LogP contribution >= 0.6 is 0 Å². The highest BCUT2D eigenvalue weighted by Gasteiger charge is 2.22. The molecule has 0 saturated carbocycles. The average molecular weight is 1320 g/mol. The number of carboxylic acids is 1. The first-order valence-corrected chi connectivity index (χ1v) is 39.0. The highest BCUT2D eigenvalue weighted by Crippen LogP contribution is 2.18. The Morgan fingerprint density at radius 3 is 0.842 bits per heavy atom. The van der Waals surface area contributed by atoms with E-state index in [1.807, 2.05) is 21.1 Å². The van der Waals surface area contributed by atoms with Crippen LogP contribution in [0.2, 0.25) is 0 Å². The maximum Gasteiger partial charge on any atom is 0.306 e. The molecule has 0 rings (SSSR count). The zero-order valence-corrected chi connectivity index (χ0v) is 62.0. The van der Waals surface area contributed by atoms with Gasteiger partial charge >= 0.3 is 11.9 Å². The molecule has 0 heterocycles. The van der Waals surface area contributed by atoms with E-state index in [1.165, 1.54) is 173 Å². The van der Waals surface area contributed by atoms with Gasteiger partial charge in [-0.15, -0.1) is 0 Å². The van der Waals surface area contributed by atoms with Crippen LogP contribution in [0, 0.1) is 0 Å². The Balaban J connectivity index is 4.06. The summed E-state index contributed by atoms with van der Waals surface area (Å²) in [5, 5.41) is 11.9. The average Bonchev–Trinajstić information content (AvgIpc) is 3.75. The summed E-state index contributed by atoms with van der Waals surface area (Å²) in [5.74, 6) is -2.28. The van der Waals surface area contributed by atoms with E-state index in [0.29, 0.717) is 17.4 Å². The van der Waals surface area contributed by atoms with Crippen molar-refractivity contribution >= 4 is 17.9 Å². The number of carbonyl (C=O) groups excluding carboxylic acids is 3. The second-order valence-electron chi connectivity index (χ2n) is 26.9. The maximum atomic E-state index is 13.0. The van der Waals surface area contributed by atoms with Crippen molar-refractivity contribution in [3.63, 3.8) is 0 Å². The lowest BCUT2D eigenvalue weighted by Crippen LogP contribution is -2.44. The number of carboxylic acid groups (broad SMARTS) is 1. The van der Waals surface area contributed by atoms with Gasteiger partial charge in [0.1, 0.15) is 13.2 Å². The van der Waals surface area contributed by atoms with E-state index in [9.17, 15) is 19.5 Å². The maximum absolute atomic E-state index is 13.0. The number of hydrogen-bond acceptors (Lipinski definition) is 8. The van der Waals surface area contributed by atoms with Gasteiger partial charge in [-0.25, -0.2) is 0 Å². The number of unbranched alkanes of at least 4 members (excludes halogenated alkanes) is 32. The zero-order valence-electron chi connectivity index (χ0n) is 62.0. The molecule has 0 aromatic heterocycles. The summed E-state index contributed by atoms with van der Waals surface area (Å²) >= 11 is 0. The van der Waals surface area contributed by atoms with Crippen LogP contribution in [0.4, 0.5) is 0 Å². The van der Waals surface area contributed by atoms with Crippen LogP contribution < -0.4 is 5.11 Å². The van der Waals surface area contributed by atoms with Gasteiger partial charge in [-0.05, 0) is 116 Å². The molecule has 9 nitrogen and oxygen atoms in total. The Kier molecular flexibility index (Phi) is 71.1. The summed E-state index contributed by atoms with van der Waals surface area (Å²) in [6.07, 6.45) is 107. The zero-order chi connectivity index (χ0) is 69.0. The molecule has 0 N–H and O–H groups in total. The van der Waals surface area contributed by atoms with Crippen LogP contribution in [0.1, 0.15) is 322 Å². The second-order valence-corrected chi connectivity index (χ2v) is 26.9. The topological polar surface area (TPSA) is 111 Å². The van der Waals surface area contributed by atoms with E-state index < -0.39 is 24.3 Å². The minimum absolute atomic E-state index is 0.144. The van der Waals surface area contributed by atoms with Crippen LogP contribution in [0.3, 0.4) is 0 Å². The van der Waals surface area contributed by atoms with Gasteiger partial charge in [0.2, 0.25) is 0 Å². The normalized spacial score (nSPS) is 13.5. The first-order valence-electron chi connectivity index (χ1n) is 39.0. The number of hydrogen-bond donors (Lipinski definition) is 0. The van der Waals surface area contributed by atoms with Gasteiger partial charge in [0.25, 0.3) is 0 Å². The summed E-state index contributed by atoms with van der Waals surface area (Å²) in [7, 11) is 5.94. The van der Waals surface area contributed by atoms with Gasteiger partial charge in [0.05, 0.1) is 40.3 Å². The molecular weight excluding hydrogens is 1170 g/mol. The Hall–Kier alpha value is -4.83. The molecule has 0 saturated heterocycles. The minimum Gasteiger partial charge on any atom is -0.545 e. The van der Waals surface area contributed by atoms with Crippen molar-refractivity contribution in [1.82, 2.24) is 0 Å². The van der Waals surface area contributed by atoms with Crippen molar-refractivity contribution < 1.29 is 42.9 Å². The van der Waals surface area contributed by atoms with Gasteiger partial charge in [-0.3, -0.25) is 9.59 Å². The quantitative estimate of drug-likeness (QED) is 0.0195. The van der Waals surface area contributed by atoms with Crippen LogP contribution in [0.15, 0.2) is 146 Å². The number of esters is 2. The number of ether oxygens (including phenoxy) is 4. The smallest absolute Gasteiger partial charge is 0.306 e. The predicted molar refractivity (Wildman–Crippen MR) is 407 cm³/mol. The molecule has 0 aliphatic heterocycles. The van der Waals surface area contributed by atoms with Gasteiger partial charge in [-0.2, -0.15) is 0 Å².